The predicted octanol–water partition coefficient (Wildman–Crippen LogP) is 2.29. The fourth-order valence-corrected chi connectivity index (χ4v) is 2.04. The number of rotatable bonds is 4. The molecular weight excluding hydrogens is 228 g/mol. The first-order chi connectivity index (χ1) is 8.67. The monoisotopic (exact) mass is 246 g/mol. The number of aliphatic hydroxyl groups is 1. The lowest BCUT2D eigenvalue weighted by molar-refractivity contribution is 0.272. The molecule has 0 bridgehead atoms. The van der Waals surface area contributed by atoms with Crippen LogP contribution in [0, 0.1) is 6.92 Å². The summed E-state index contributed by atoms with van der Waals surface area (Å²) in [5, 5.41) is 9.31. The third-order valence-electron chi connectivity index (χ3n) is 2.97. The summed E-state index contributed by atoms with van der Waals surface area (Å²) in [6.07, 6.45) is 0. The van der Waals surface area contributed by atoms with Crippen LogP contribution < -0.4 is 4.74 Å². The Kier molecular flexibility index (Phi) is 3.67. The highest BCUT2D eigenvalue weighted by molar-refractivity contribution is 5.59. The van der Waals surface area contributed by atoms with Gasteiger partial charge >= 0.3 is 0 Å². The van der Waals surface area contributed by atoms with Crippen molar-refractivity contribution in [2.24, 2.45) is 7.05 Å². The van der Waals surface area contributed by atoms with Crippen LogP contribution >= 0.6 is 0 Å². The number of ether oxygens (including phenoxy) is 1. The van der Waals surface area contributed by atoms with Gasteiger partial charge in [-0.2, -0.15) is 0 Å². The van der Waals surface area contributed by atoms with E-state index in [2.05, 4.69) is 4.98 Å². The summed E-state index contributed by atoms with van der Waals surface area (Å²) in [5.74, 6) is 1.68. The lowest BCUT2D eigenvalue weighted by atomic mass is 10.2. The van der Waals surface area contributed by atoms with E-state index >= 15 is 0 Å². The molecule has 2 aromatic rings. The van der Waals surface area contributed by atoms with E-state index in [-0.39, 0.29) is 6.61 Å². The molecule has 0 spiro atoms. The molecule has 0 amide bonds. The molecule has 0 saturated heterocycles. The normalized spacial score (nSPS) is 10.7. The third kappa shape index (κ3) is 2.24. The molecule has 0 saturated carbocycles. The van der Waals surface area contributed by atoms with Gasteiger partial charge in [0.25, 0.3) is 0 Å². The van der Waals surface area contributed by atoms with E-state index in [1.54, 1.807) is 0 Å². The van der Waals surface area contributed by atoms with Crippen molar-refractivity contribution in [2.45, 2.75) is 20.5 Å². The van der Waals surface area contributed by atoms with Crippen molar-refractivity contribution >= 4 is 0 Å². The van der Waals surface area contributed by atoms with Gasteiger partial charge in [-0.05, 0) is 26.0 Å². The van der Waals surface area contributed by atoms with Crippen molar-refractivity contribution in [3.05, 3.63) is 35.7 Å². The van der Waals surface area contributed by atoms with Crippen LogP contribution in [-0.4, -0.2) is 21.3 Å². The zero-order chi connectivity index (χ0) is 13.1. The molecule has 0 aliphatic rings. The van der Waals surface area contributed by atoms with Crippen molar-refractivity contribution in [3.8, 4) is 17.1 Å². The molecule has 4 nitrogen and oxygen atoms in total. The topological polar surface area (TPSA) is 47.3 Å². The Bertz CT molecular complexity index is 547. The number of benzene rings is 1. The summed E-state index contributed by atoms with van der Waals surface area (Å²) in [7, 11) is 1.91. The van der Waals surface area contributed by atoms with Gasteiger partial charge in [0.15, 0.2) is 0 Å². The molecule has 0 unspecified atom stereocenters. The molecule has 0 aliphatic carbocycles. The van der Waals surface area contributed by atoms with Crippen LogP contribution in [0.25, 0.3) is 11.4 Å². The van der Waals surface area contributed by atoms with Gasteiger partial charge in [0.05, 0.1) is 24.6 Å². The van der Waals surface area contributed by atoms with Crippen molar-refractivity contribution in [1.82, 2.24) is 9.55 Å². The van der Waals surface area contributed by atoms with E-state index < -0.39 is 0 Å². The number of hydrogen-bond donors (Lipinski definition) is 1. The Morgan fingerprint density at radius 1 is 1.39 bits per heavy atom. The first-order valence-electron chi connectivity index (χ1n) is 6.03. The Morgan fingerprint density at radius 3 is 2.78 bits per heavy atom. The second-order valence-corrected chi connectivity index (χ2v) is 4.15. The van der Waals surface area contributed by atoms with Gasteiger partial charge in [-0.15, -0.1) is 0 Å². The maximum absolute atomic E-state index is 9.31. The molecule has 1 N–H and O–H groups in total. The van der Waals surface area contributed by atoms with Gasteiger partial charge in [-0.25, -0.2) is 4.98 Å². The van der Waals surface area contributed by atoms with Crippen LogP contribution in [0.5, 0.6) is 5.75 Å². The lowest BCUT2D eigenvalue weighted by Crippen LogP contribution is -1.99. The fraction of sp³-hybridized carbons (Fsp3) is 0.357. The molecule has 1 heterocycles. The highest BCUT2D eigenvalue weighted by atomic mass is 16.5. The maximum atomic E-state index is 9.31. The summed E-state index contributed by atoms with van der Waals surface area (Å²) < 4.78 is 7.40. The average Bonchev–Trinajstić information content (AvgIpc) is 2.65. The summed E-state index contributed by atoms with van der Waals surface area (Å²) in [6.45, 7) is 4.51. The van der Waals surface area contributed by atoms with Crippen molar-refractivity contribution in [2.75, 3.05) is 6.61 Å². The fourth-order valence-electron chi connectivity index (χ4n) is 2.04. The van der Waals surface area contributed by atoms with Crippen LogP contribution in [0.2, 0.25) is 0 Å². The van der Waals surface area contributed by atoms with Crippen LogP contribution in [-0.2, 0) is 13.7 Å². The number of hydrogen-bond acceptors (Lipinski definition) is 3. The second-order valence-electron chi connectivity index (χ2n) is 4.15. The van der Waals surface area contributed by atoms with E-state index in [0.717, 1.165) is 28.5 Å². The quantitative estimate of drug-likeness (QED) is 0.900. The maximum Gasteiger partial charge on any atom is 0.140 e. The first-order valence-corrected chi connectivity index (χ1v) is 6.03. The third-order valence-corrected chi connectivity index (χ3v) is 2.97. The van der Waals surface area contributed by atoms with Gasteiger partial charge < -0.3 is 14.4 Å². The zero-order valence-electron chi connectivity index (χ0n) is 11.0. The van der Waals surface area contributed by atoms with Gasteiger partial charge in [-0.1, -0.05) is 12.1 Å². The smallest absolute Gasteiger partial charge is 0.140 e. The molecular formula is C14H18N2O2. The number of imidazole rings is 1. The molecule has 1 aromatic heterocycles. The Morgan fingerprint density at radius 2 is 2.17 bits per heavy atom. The summed E-state index contributed by atoms with van der Waals surface area (Å²) in [4.78, 5) is 4.50. The first kappa shape index (κ1) is 12.6. The zero-order valence-corrected chi connectivity index (χ0v) is 11.0. The highest BCUT2D eigenvalue weighted by Crippen LogP contribution is 2.24. The number of aromatic nitrogens is 2. The van der Waals surface area contributed by atoms with Crippen molar-refractivity contribution < 1.29 is 9.84 Å². The molecule has 0 atom stereocenters. The van der Waals surface area contributed by atoms with Crippen LogP contribution in [0.3, 0.4) is 0 Å². The van der Waals surface area contributed by atoms with E-state index in [1.807, 2.05) is 49.7 Å². The van der Waals surface area contributed by atoms with E-state index in [0.29, 0.717) is 6.61 Å². The molecule has 0 aliphatic heterocycles. The number of aliphatic hydroxyl groups excluding tert-OH is 1. The summed E-state index contributed by atoms with van der Waals surface area (Å²) >= 11 is 0. The second kappa shape index (κ2) is 5.23. The SMILES string of the molecule is CCOc1cccc(-c2nc(C)c(CO)n2C)c1. The van der Waals surface area contributed by atoms with Crippen molar-refractivity contribution in [1.29, 1.82) is 0 Å². The average molecular weight is 246 g/mol. The minimum atomic E-state index is 0.000480. The van der Waals surface area contributed by atoms with Gasteiger partial charge in [0.2, 0.25) is 0 Å². The standard InChI is InChI=1S/C14H18N2O2/c1-4-18-12-7-5-6-11(8-12)14-15-10(2)13(9-17)16(14)3/h5-8,17H,4,9H2,1-3H3. The summed E-state index contributed by atoms with van der Waals surface area (Å²) in [5.41, 5.74) is 2.69. The van der Waals surface area contributed by atoms with Crippen LogP contribution in [0.4, 0.5) is 0 Å². The van der Waals surface area contributed by atoms with Gasteiger partial charge in [0, 0.05) is 12.6 Å². The lowest BCUT2D eigenvalue weighted by Gasteiger charge is -2.07. The van der Waals surface area contributed by atoms with Crippen LogP contribution in [0.1, 0.15) is 18.3 Å². The Labute approximate surface area is 107 Å². The molecule has 0 fully saturated rings. The molecule has 1 aromatic carbocycles. The number of aryl methyl sites for hydroxylation is 1. The predicted molar refractivity (Wildman–Crippen MR) is 70.5 cm³/mol. The molecule has 4 heteroatoms. The molecule has 96 valence electrons. The van der Waals surface area contributed by atoms with E-state index in [4.69, 9.17) is 4.74 Å². The van der Waals surface area contributed by atoms with Gasteiger partial charge in [-0.3, -0.25) is 0 Å². The summed E-state index contributed by atoms with van der Waals surface area (Å²) in [6, 6.07) is 7.83. The molecule has 2 rings (SSSR count). The minimum absolute atomic E-state index is 0.000480. The Hall–Kier alpha value is -1.81. The van der Waals surface area contributed by atoms with E-state index in [9.17, 15) is 5.11 Å². The van der Waals surface area contributed by atoms with Crippen molar-refractivity contribution in [3.63, 3.8) is 0 Å². The molecule has 18 heavy (non-hydrogen) atoms. The Balaban J connectivity index is 2.45. The van der Waals surface area contributed by atoms with E-state index in [1.165, 1.54) is 0 Å². The van der Waals surface area contributed by atoms with Gasteiger partial charge in [0.1, 0.15) is 11.6 Å². The molecule has 0 radical (unpaired) electrons. The number of nitrogens with zero attached hydrogens (tertiary/aromatic N) is 2. The largest absolute Gasteiger partial charge is 0.494 e. The van der Waals surface area contributed by atoms with Crippen LogP contribution in [0.15, 0.2) is 24.3 Å². The highest BCUT2D eigenvalue weighted by Gasteiger charge is 2.12. The minimum Gasteiger partial charge on any atom is -0.494 e.